The molecule has 0 atom stereocenters. The summed E-state index contributed by atoms with van der Waals surface area (Å²) in [4.78, 5) is 0.875. The lowest BCUT2D eigenvalue weighted by Crippen LogP contribution is -2.33. The summed E-state index contributed by atoms with van der Waals surface area (Å²) >= 11 is 7.25. The zero-order valence-corrected chi connectivity index (χ0v) is 26.5. The molecule has 0 spiro atoms. The molecule has 198 valence electrons. The van der Waals surface area contributed by atoms with Crippen molar-refractivity contribution >= 4 is 50.0 Å². The van der Waals surface area contributed by atoms with Gasteiger partial charge in [0, 0.05) is 22.5 Å². The van der Waals surface area contributed by atoms with E-state index in [1.165, 1.54) is 27.8 Å². The summed E-state index contributed by atoms with van der Waals surface area (Å²) < 4.78 is 22.5. The monoisotopic (exact) mass is 640 g/mol. The Morgan fingerprint density at radius 3 is 2.25 bits per heavy atom. The van der Waals surface area contributed by atoms with E-state index in [0.717, 1.165) is 53.3 Å². The topological polar surface area (TPSA) is 58.9 Å². The second-order valence-electron chi connectivity index (χ2n) is 9.85. The molecule has 3 rings (SSSR count). The largest absolute Gasteiger partial charge is 0.506 e. The number of hydrogen-bond acceptors (Lipinski definition) is 5. The number of aromatic hydroxyl groups is 1. The van der Waals surface area contributed by atoms with Gasteiger partial charge in [0.15, 0.2) is 0 Å². The molecule has 0 saturated heterocycles. The van der Waals surface area contributed by atoms with Crippen LogP contribution in [0, 0.1) is 20.8 Å². The lowest BCUT2D eigenvalue weighted by atomic mass is 9.88. The van der Waals surface area contributed by atoms with Gasteiger partial charge in [-0.1, -0.05) is 12.5 Å². The Kier molecular flexibility index (Phi) is 11.5. The first-order chi connectivity index (χ1) is 16.8. The zero-order chi connectivity index (χ0) is 27.2. The van der Waals surface area contributed by atoms with Gasteiger partial charge in [-0.25, -0.2) is 0 Å². The predicted octanol–water partition coefficient (Wildman–Crippen LogP) is 9.93. The van der Waals surface area contributed by atoms with E-state index in [1.807, 2.05) is 13.0 Å². The third-order valence-corrected chi connectivity index (χ3v) is 8.07. The van der Waals surface area contributed by atoms with Gasteiger partial charge in [-0.15, -0.1) is 0 Å². The molecule has 4 nitrogen and oxygen atoms in total. The number of fused-ring (bicyclic) bond motifs is 1. The van der Waals surface area contributed by atoms with Gasteiger partial charge in [0.25, 0.3) is 0 Å². The van der Waals surface area contributed by atoms with Crippen LogP contribution in [0.25, 0.3) is 6.08 Å². The van der Waals surface area contributed by atoms with Crippen LogP contribution in [0.5, 0.6) is 17.2 Å². The summed E-state index contributed by atoms with van der Waals surface area (Å²) in [5, 5.41) is 9.51. The quantitative estimate of drug-likeness (QED) is 0.243. The molecule has 2 aromatic rings. The zero-order valence-electron chi connectivity index (χ0n) is 22.5. The Bertz CT molecular complexity index is 1120. The number of rotatable bonds is 6. The van der Waals surface area contributed by atoms with Crippen molar-refractivity contribution in [1.29, 1.82) is 0 Å². The molecular formula is C29H38Br2O4S. The molecule has 2 N–H and O–H groups in total. The molecule has 0 amide bonds. The van der Waals surface area contributed by atoms with Gasteiger partial charge >= 0.3 is 0 Å². The van der Waals surface area contributed by atoms with E-state index < -0.39 is 0 Å². The van der Waals surface area contributed by atoms with Crippen molar-refractivity contribution in [2.75, 3.05) is 6.61 Å². The van der Waals surface area contributed by atoms with Crippen molar-refractivity contribution in [2.45, 2.75) is 80.3 Å². The van der Waals surface area contributed by atoms with E-state index in [4.69, 9.17) is 14.0 Å². The van der Waals surface area contributed by atoms with Crippen LogP contribution in [0.2, 0.25) is 0 Å². The molecule has 0 saturated carbocycles. The van der Waals surface area contributed by atoms with E-state index in [0.29, 0.717) is 15.6 Å². The Hall–Kier alpha value is -1.41. The maximum absolute atomic E-state index is 9.51. The Balaban J connectivity index is 0.000000269. The number of ether oxygens (including phenoxy) is 2. The van der Waals surface area contributed by atoms with E-state index in [9.17, 15) is 5.11 Å². The highest BCUT2D eigenvalue weighted by molar-refractivity contribution is 9.11. The fraction of sp³-hybridized carbons (Fsp3) is 0.448. The summed E-state index contributed by atoms with van der Waals surface area (Å²) in [6.45, 7) is 17.6. The maximum Gasteiger partial charge on any atom is 0.143 e. The standard InChI is InChI=1S/C19H28O2.C10H10Br2O2S/c1-12(2)9-11-20-17-13(3)14(4)18-16(15(17)5)8-10-19(6,7)21-18;1-2-7(15-14)3-6-4-8(11)10(13)9(12)5-6/h9H,8,10-11H2,1-7H3;3-5,13-14H,2H2,1H3/b;7-3-. The molecule has 7 heteroatoms. The fourth-order valence-corrected chi connectivity index (χ4v) is 5.44. The van der Waals surface area contributed by atoms with Crippen LogP contribution in [-0.2, 0) is 6.42 Å². The molecule has 0 bridgehead atoms. The van der Waals surface area contributed by atoms with Gasteiger partial charge in [0.2, 0.25) is 0 Å². The average Bonchev–Trinajstić information content (AvgIpc) is 2.81. The predicted molar refractivity (Wildman–Crippen MR) is 161 cm³/mol. The maximum atomic E-state index is 9.51. The second-order valence-corrected chi connectivity index (χ2v) is 12.3. The molecule has 0 aromatic heterocycles. The lowest BCUT2D eigenvalue weighted by molar-refractivity contribution is 0.0831. The van der Waals surface area contributed by atoms with E-state index >= 15 is 0 Å². The fourth-order valence-electron chi connectivity index (χ4n) is 3.90. The summed E-state index contributed by atoms with van der Waals surface area (Å²) in [7, 11) is 0. The lowest BCUT2D eigenvalue weighted by Gasteiger charge is -2.35. The summed E-state index contributed by atoms with van der Waals surface area (Å²) in [6, 6.07) is 3.60. The van der Waals surface area contributed by atoms with Crippen molar-refractivity contribution in [3.8, 4) is 17.2 Å². The Morgan fingerprint density at radius 2 is 1.72 bits per heavy atom. The second kappa shape index (κ2) is 13.4. The van der Waals surface area contributed by atoms with Gasteiger partial charge in [0.1, 0.15) is 29.5 Å². The third kappa shape index (κ3) is 8.04. The minimum Gasteiger partial charge on any atom is -0.506 e. The van der Waals surface area contributed by atoms with Gasteiger partial charge in [-0.05, 0) is 146 Å². The van der Waals surface area contributed by atoms with Crippen LogP contribution in [0.4, 0.5) is 0 Å². The SMILES string of the molecule is CC(C)=CCOc1c(C)c(C)c2c(c1C)CCC(C)(C)O2.CC/C(=C/c1cc(Br)c(O)c(Br)c1)SO. The number of hydrogen-bond donors (Lipinski definition) is 2. The highest BCUT2D eigenvalue weighted by Gasteiger charge is 2.31. The van der Waals surface area contributed by atoms with Gasteiger partial charge in [-0.3, -0.25) is 0 Å². The average molecular weight is 642 g/mol. The van der Waals surface area contributed by atoms with Crippen molar-refractivity contribution in [3.05, 3.63) is 65.4 Å². The summed E-state index contributed by atoms with van der Waals surface area (Å²) in [5.74, 6) is 2.30. The van der Waals surface area contributed by atoms with Crippen molar-refractivity contribution in [2.24, 2.45) is 0 Å². The first-order valence-corrected chi connectivity index (χ1v) is 14.4. The molecular weight excluding hydrogens is 604 g/mol. The number of phenolic OH excluding ortho intramolecular Hbond substituents is 1. The molecule has 1 aliphatic heterocycles. The molecule has 36 heavy (non-hydrogen) atoms. The third-order valence-electron chi connectivity index (χ3n) is 6.22. The van der Waals surface area contributed by atoms with E-state index in [1.54, 1.807) is 12.1 Å². The van der Waals surface area contributed by atoms with Crippen LogP contribution < -0.4 is 9.47 Å². The molecule has 0 fully saturated rings. The van der Waals surface area contributed by atoms with Gasteiger partial charge in [-0.2, -0.15) is 0 Å². The Morgan fingerprint density at radius 1 is 1.11 bits per heavy atom. The van der Waals surface area contributed by atoms with Crippen molar-refractivity contribution < 1.29 is 19.1 Å². The van der Waals surface area contributed by atoms with E-state index in [-0.39, 0.29) is 11.4 Å². The number of benzene rings is 2. The number of phenols is 1. The van der Waals surface area contributed by atoms with E-state index in [2.05, 4.69) is 86.4 Å². The Labute approximate surface area is 237 Å². The molecule has 2 aromatic carbocycles. The van der Waals surface area contributed by atoms with Gasteiger partial charge in [0.05, 0.1) is 8.95 Å². The molecule has 1 heterocycles. The minimum absolute atomic E-state index is 0.0684. The molecule has 0 aliphatic carbocycles. The van der Waals surface area contributed by atoms with Crippen LogP contribution in [-0.4, -0.2) is 21.9 Å². The minimum atomic E-state index is -0.0684. The first-order valence-electron chi connectivity index (χ1n) is 12.1. The molecule has 1 aliphatic rings. The van der Waals surface area contributed by atoms with Crippen molar-refractivity contribution in [3.63, 3.8) is 0 Å². The normalized spacial score (nSPS) is 14.2. The highest BCUT2D eigenvalue weighted by atomic mass is 79.9. The van der Waals surface area contributed by atoms with Crippen LogP contribution in [0.1, 0.15) is 75.3 Å². The summed E-state index contributed by atoms with van der Waals surface area (Å²) in [5.41, 5.74) is 7.12. The number of allylic oxidation sites excluding steroid dienone is 2. The van der Waals surface area contributed by atoms with Crippen LogP contribution in [0.3, 0.4) is 0 Å². The molecule has 0 radical (unpaired) electrons. The molecule has 0 unspecified atom stereocenters. The van der Waals surface area contributed by atoms with Crippen LogP contribution in [0.15, 0.2) is 37.6 Å². The highest BCUT2D eigenvalue weighted by Crippen LogP contribution is 2.43. The summed E-state index contributed by atoms with van der Waals surface area (Å²) in [6.07, 6.45) is 6.88. The van der Waals surface area contributed by atoms with Gasteiger partial charge < -0.3 is 19.1 Å². The first kappa shape index (κ1) is 30.8. The van der Waals surface area contributed by atoms with Crippen LogP contribution >= 0.6 is 43.9 Å². The number of halogens is 2. The van der Waals surface area contributed by atoms with Crippen molar-refractivity contribution in [1.82, 2.24) is 0 Å². The smallest absolute Gasteiger partial charge is 0.143 e.